The maximum Gasteiger partial charge on any atom is 0.239 e. The Morgan fingerprint density at radius 3 is 2.83 bits per heavy atom. The van der Waals surface area contributed by atoms with E-state index in [-0.39, 0.29) is 0 Å². The SMILES string of the molecule is C[C@@H]1CNC[C@H]1c1nc(N)n[nH]1. The third-order valence-electron chi connectivity index (χ3n) is 2.39. The summed E-state index contributed by atoms with van der Waals surface area (Å²) in [6.45, 7) is 4.21. The fourth-order valence-electron chi connectivity index (χ4n) is 1.63. The van der Waals surface area contributed by atoms with E-state index in [1.54, 1.807) is 0 Å². The predicted molar refractivity (Wildman–Crippen MR) is 45.6 cm³/mol. The van der Waals surface area contributed by atoms with Crippen LogP contribution in [0.15, 0.2) is 0 Å². The zero-order valence-corrected chi connectivity index (χ0v) is 7.04. The normalized spacial score (nSPS) is 29.4. The van der Waals surface area contributed by atoms with Crippen LogP contribution >= 0.6 is 0 Å². The molecule has 0 amide bonds. The van der Waals surface area contributed by atoms with E-state index in [0.29, 0.717) is 17.8 Å². The highest BCUT2D eigenvalue weighted by atomic mass is 15.3. The smallest absolute Gasteiger partial charge is 0.239 e. The molecule has 4 N–H and O–H groups in total. The summed E-state index contributed by atoms with van der Waals surface area (Å²) < 4.78 is 0. The molecule has 0 aliphatic carbocycles. The number of nitrogens with one attached hydrogen (secondary N) is 2. The summed E-state index contributed by atoms with van der Waals surface area (Å²) in [7, 11) is 0. The van der Waals surface area contributed by atoms with Crippen molar-refractivity contribution in [3.05, 3.63) is 5.82 Å². The summed E-state index contributed by atoms with van der Waals surface area (Å²) in [6.07, 6.45) is 0. The quantitative estimate of drug-likeness (QED) is 0.537. The van der Waals surface area contributed by atoms with Crippen LogP contribution in [0.2, 0.25) is 0 Å². The Hall–Kier alpha value is -1.10. The number of nitrogens with two attached hydrogens (primary N) is 1. The molecular formula is C7H13N5. The largest absolute Gasteiger partial charge is 0.367 e. The minimum Gasteiger partial charge on any atom is -0.367 e. The van der Waals surface area contributed by atoms with Gasteiger partial charge in [-0.2, -0.15) is 4.98 Å². The summed E-state index contributed by atoms with van der Waals surface area (Å²) in [5, 5.41) is 9.96. The average molecular weight is 167 g/mol. The van der Waals surface area contributed by atoms with Crippen LogP contribution in [0, 0.1) is 5.92 Å². The van der Waals surface area contributed by atoms with Gasteiger partial charge in [0.15, 0.2) is 0 Å². The van der Waals surface area contributed by atoms with Gasteiger partial charge in [-0.25, -0.2) is 0 Å². The summed E-state index contributed by atoms with van der Waals surface area (Å²) in [5.41, 5.74) is 5.42. The maximum atomic E-state index is 5.42. The van der Waals surface area contributed by atoms with Crippen molar-refractivity contribution in [2.75, 3.05) is 18.8 Å². The minimum atomic E-state index is 0.337. The lowest BCUT2D eigenvalue weighted by molar-refractivity contribution is 0.547. The molecule has 0 bridgehead atoms. The Labute approximate surface area is 70.8 Å². The van der Waals surface area contributed by atoms with E-state index < -0.39 is 0 Å². The van der Waals surface area contributed by atoms with Gasteiger partial charge in [0, 0.05) is 12.5 Å². The molecule has 1 aliphatic heterocycles. The van der Waals surface area contributed by atoms with E-state index in [2.05, 4.69) is 27.4 Å². The molecule has 0 aromatic carbocycles. The highest BCUT2D eigenvalue weighted by molar-refractivity contribution is 5.16. The van der Waals surface area contributed by atoms with Crippen molar-refractivity contribution >= 4 is 5.95 Å². The molecule has 1 aliphatic rings. The molecule has 5 nitrogen and oxygen atoms in total. The molecule has 0 saturated carbocycles. The molecule has 12 heavy (non-hydrogen) atoms. The Bertz CT molecular complexity index is 269. The van der Waals surface area contributed by atoms with Crippen LogP contribution < -0.4 is 11.1 Å². The molecule has 2 heterocycles. The van der Waals surface area contributed by atoms with Gasteiger partial charge in [-0.05, 0) is 12.5 Å². The first-order valence-electron chi connectivity index (χ1n) is 4.16. The number of aromatic amines is 1. The zero-order chi connectivity index (χ0) is 8.55. The minimum absolute atomic E-state index is 0.337. The highest BCUT2D eigenvalue weighted by Gasteiger charge is 2.27. The summed E-state index contributed by atoms with van der Waals surface area (Å²) in [5.74, 6) is 2.29. The molecule has 1 aromatic rings. The average Bonchev–Trinajstić information content (AvgIpc) is 2.58. The second-order valence-corrected chi connectivity index (χ2v) is 3.32. The van der Waals surface area contributed by atoms with Crippen LogP contribution in [-0.4, -0.2) is 28.3 Å². The van der Waals surface area contributed by atoms with Gasteiger partial charge in [0.2, 0.25) is 5.95 Å². The third kappa shape index (κ3) is 1.16. The molecule has 5 heteroatoms. The van der Waals surface area contributed by atoms with E-state index in [0.717, 1.165) is 18.9 Å². The van der Waals surface area contributed by atoms with E-state index in [1.807, 2.05) is 0 Å². The van der Waals surface area contributed by atoms with E-state index in [1.165, 1.54) is 0 Å². The molecule has 1 aromatic heterocycles. The van der Waals surface area contributed by atoms with Crippen LogP contribution in [0.4, 0.5) is 5.95 Å². The number of anilines is 1. The fraction of sp³-hybridized carbons (Fsp3) is 0.714. The van der Waals surface area contributed by atoms with Gasteiger partial charge < -0.3 is 11.1 Å². The summed E-state index contributed by atoms with van der Waals surface area (Å²) in [4.78, 5) is 4.11. The number of H-pyrrole nitrogens is 1. The number of aromatic nitrogens is 3. The summed E-state index contributed by atoms with van der Waals surface area (Å²) in [6, 6.07) is 0. The van der Waals surface area contributed by atoms with Crippen molar-refractivity contribution in [2.24, 2.45) is 5.92 Å². The van der Waals surface area contributed by atoms with Crippen molar-refractivity contribution in [3.63, 3.8) is 0 Å². The first kappa shape index (κ1) is 7.54. The Kier molecular flexibility index (Phi) is 1.73. The lowest BCUT2D eigenvalue weighted by Crippen LogP contribution is -2.09. The Morgan fingerprint density at radius 1 is 1.50 bits per heavy atom. The lowest BCUT2D eigenvalue weighted by atomic mass is 9.98. The van der Waals surface area contributed by atoms with Crippen molar-refractivity contribution in [1.82, 2.24) is 20.5 Å². The van der Waals surface area contributed by atoms with Crippen LogP contribution in [-0.2, 0) is 0 Å². The third-order valence-corrected chi connectivity index (χ3v) is 2.39. The molecule has 1 saturated heterocycles. The van der Waals surface area contributed by atoms with Gasteiger partial charge in [-0.15, -0.1) is 5.10 Å². The fourth-order valence-corrected chi connectivity index (χ4v) is 1.63. The first-order valence-corrected chi connectivity index (χ1v) is 4.16. The van der Waals surface area contributed by atoms with E-state index in [4.69, 9.17) is 5.73 Å². The molecule has 1 fully saturated rings. The zero-order valence-electron chi connectivity index (χ0n) is 7.04. The second kappa shape index (κ2) is 2.75. The van der Waals surface area contributed by atoms with Gasteiger partial charge >= 0.3 is 0 Å². The van der Waals surface area contributed by atoms with Crippen LogP contribution in [0.25, 0.3) is 0 Å². The number of rotatable bonds is 1. The van der Waals surface area contributed by atoms with Crippen LogP contribution in [0.1, 0.15) is 18.7 Å². The van der Waals surface area contributed by atoms with Crippen LogP contribution in [0.5, 0.6) is 0 Å². The summed E-state index contributed by atoms with van der Waals surface area (Å²) >= 11 is 0. The molecule has 2 rings (SSSR count). The monoisotopic (exact) mass is 167 g/mol. The van der Waals surface area contributed by atoms with Crippen LogP contribution in [0.3, 0.4) is 0 Å². The van der Waals surface area contributed by atoms with Gasteiger partial charge in [0.05, 0.1) is 0 Å². The van der Waals surface area contributed by atoms with E-state index >= 15 is 0 Å². The Balaban J connectivity index is 2.19. The maximum absolute atomic E-state index is 5.42. The molecular weight excluding hydrogens is 154 g/mol. The molecule has 66 valence electrons. The lowest BCUT2D eigenvalue weighted by Gasteiger charge is -2.08. The number of hydrogen-bond donors (Lipinski definition) is 3. The van der Waals surface area contributed by atoms with E-state index in [9.17, 15) is 0 Å². The molecule has 2 atom stereocenters. The van der Waals surface area contributed by atoms with Gasteiger partial charge in [-0.1, -0.05) is 6.92 Å². The van der Waals surface area contributed by atoms with Crippen molar-refractivity contribution < 1.29 is 0 Å². The predicted octanol–water partition coefficient (Wildman–Crippen LogP) is -0.290. The Morgan fingerprint density at radius 2 is 2.33 bits per heavy atom. The molecule has 0 radical (unpaired) electrons. The highest BCUT2D eigenvalue weighted by Crippen LogP contribution is 2.24. The first-order chi connectivity index (χ1) is 5.77. The number of nitrogen functional groups attached to an aromatic ring is 1. The topological polar surface area (TPSA) is 79.6 Å². The molecule has 0 unspecified atom stereocenters. The van der Waals surface area contributed by atoms with Crippen molar-refractivity contribution in [3.8, 4) is 0 Å². The van der Waals surface area contributed by atoms with Crippen molar-refractivity contribution in [1.29, 1.82) is 0 Å². The van der Waals surface area contributed by atoms with Gasteiger partial charge in [-0.3, -0.25) is 5.10 Å². The van der Waals surface area contributed by atoms with Gasteiger partial charge in [0.1, 0.15) is 5.82 Å². The number of nitrogens with zero attached hydrogens (tertiary/aromatic N) is 2. The molecule has 0 spiro atoms. The van der Waals surface area contributed by atoms with Gasteiger partial charge in [0.25, 0.3) is 0 Å². The second-order valence-electron chi connectivity index (χ2n) is 3.32. The number of hydrogen-bond acceptors (Lipinski definition) is 4. The standard InChI is InChI=1S/C7H13N5/c1-4-2-9-3-5(4)6-10-7(8)12-11-6/h4-5,9H,2-3H2,1H3,(H3,8,10,11,12)/t4-,5-/m1/s1. The van der Waals surface area contributed by atoms with Crippen molar-refractivity contribution in [2.45, 2.75) is 12.8 Å².